The lowest BCUT2D eigenvalue weighted by atomic mass is 10.1. The highest BCUT2D eigenvalue weighted by Crippen LogP contribution is 2.23. The van der Waals surface area contributed by atoms with Crippen LogP contribution in [0.1, 0.15) is 34.9 Å². The van der Waals surface area contributed by atoms with Gasteiger partial charge < -0.3 is 15.4 Å². The Labute approximate surface area is 166 Å². The molecule has 0 bridgehead atoms. The second kappa shape index (κ2) is 8.96. The van der Waals surface area contributed by atoms with Crippen molar-refractivity contribution in [3.05, 3.63) is 75.8 Å². The van der Waals surface area contributed by atoms with Crippen molar-refractivity contribution in [1.82, 2.24) is 10.6 Å². The van der Waals surface area contributed by atoms with E-state index in [-0.39, 0.29) is 17.3 Å². The molecule has 3 rings (SSSR count). The number of hydrogen-bond acceptors (Lipinski definition) is 6. The van der Waals surface area contributed by atoms with Gasteiger partial charge in [-0.3, -0.25) is 24.5 Å². The van der Waals surface area contributed by atoms with Crippen LogP contribution in [0.25, 0.3) is 0 Å². The van der Waals surface area contributed by atoms with Crippen molar-refractivity contribution in [1.29, 1.82) is 0 Å². The van der Waals surface area contributed by atoms with Gasteiger partial charge in [0.05, 0.1) is 4.92 Å². The summed E-state index contributed by atoms with van der Waals surface area (Å²) < 4.78 is 5.30. The zero-order valence-electron chi connectivity index (χ0n) is 15.4. The summed E-state index contributed by atoms with van der Waals surface area (Å²) >= 11 is 0. The van der Waals surface area contributed by atoms with Crippen LogP contribution in [0, 0.1) is 10.1 Å². The van der Waals surface area contributed by atoms with E-state index >= 15 is 0 Å². The van der Waals surface area contributed by atoms with Crippen molar-refractivity contribution in [2.75, 3.05) is 6.54 Å². The molecular weight excluding hydrogens is 378 g/mol. The van der Waals surface area contributed by atoms with Crippen LogP contribution in [0.4, 0.5) is 5.69 Å². The minimum Gasteiger partial charge on any atom is -0.446 e. The lowest BCUT2D eigenvalue weighted by Gasteiger charge is -2.18. The molecule has 150 valence electrons. The minimum atomic E-state index is -1.13. The lowest BCUT2D eigenvalue weighted by molar-refractivity contribution is -0.384. The number of rotatable bonds is 8. The molecule has 1 atom stereocenters. The van der Waals surface area contributed by atoms with Gasteiger partial charge in [0.2, 0.25) is 6.10 Å². The Kier molecular flexibility index (Phi) is 6.18. The zero-order chi connectivity index (χ0) is 20.8. The fraction of sp³-hybridized carbons (Fsp3) is 0.250. The summed E-state index contributed by atoms with van der Waals surface area (Å²) in [6.45, 7) is -0.485. The molecule has 1 saturated carbocycles. The molecule has 0 aliphatic heterocycles. The summed E-state index contributed by atoms with van der Waals surface area (Å²) in [5.41, 5.74) is 0.322. The average molecular weight is 397 g/mol. The number of carbonyl (C=O) groups excluding carboxylic acids is 3. The Hall–Kier alpha value is -3.75. The molecule has 0 unspecified atom stereocenters. The highest BCUT2D eigenvalue weighted by Gasteiger charge is 2.30. The number of non-ortho nitro benzene ring substituents is 1. The first-order valence-corrected chi connectivity index (χ1v) is 9.01. The molecule has 9 nitrogen and oxygen atoms in total. The van der Waals surface area contributed by atoms with Crippen molar-refractivity contribution in [2.45, 2.75) is 25.0 Å². The Balaban J connectivity index is 1.61. The van der Waals surface area contributed by atoms with E-state index in [4.69, 9.17) is 4.74 Å². The third-order valence-corrected chi connectivity index (χ3v) is 4.23. The first-order chi connectivity index (χ1) is 13.9. The number of nitro groups is 1. The van der Waals surface area contributed by atoms with Crippen LogP contribution in [0.15, 0.2) is 54.6 Å². The van der Waals surface area contributed by atoms with Gasteiger partial charge in [0.1, 0.15) is 6.54 Å². The summed E-state index contributed by atoms with van der Waals surface area (Å²) in [7, 11) is 0. The van der Waals surface area contributed by atoms with Crippen LogP contribution in [0.5, 0.6) is 0 Å². The fourth-order valence-electron chi connectivity index (χ4n) is 2.59. The first kappa shape index (κ1) is 20.0. The molecule has 0 aromatic heterocycles. The number of nitrogens with one attached hydrogen (secondary N) is 2. The van der Waals surface area contributed by atoms with Crippen molar-refractivity contribution in [3.8, 4) is 0 Å². The molecule has 2 amide bonds. The molecule has 9 heteroatoms. The molecule has 1 aliphatic carbocycles. The average Bonchev–Trinajstić information content (AvgIpc) is 3.54. The van der Waals surface area contributed by atoms with Gasteiger partial charge in [-0.05, 0) is 18.9 Å². The van der Waals surface area contributed by atoms with E-state index in [2.05, 4.69) is 10.6 Å². The van der Waals surface area contributed by atoms with Gasteiger partial charge in [-0.2, -0.15) is 0 Å². The summed E-state index contributed by atoms with van der Waals surface area (Å²) in [6, 6.07) is 13.8. The van der Waals surface area contributed by atoms with Crippen LogP contribution in [-0.4, -0.2) is 35.3 Å². The summed E-state index contributed by atoms with van der Waals surface area (Å²) in [4.78, 5) is 47.0. The topological polar surface area (TPSA) is 128 Å². The number of amides is 2. The molecule has 0 spiro atoms. The summed E-state index contributed by atoms with van der Waals surface area (Å²) in [5.74, 6) is -1.88. The number of carbonyl (C=O) groups is 3. The van der Waals surface area contributed by atoms with E-state index in [9.17, 15) is 24.5 Å². The van der Waals surface area contributed by atoms with Gasteiger partial charge in [-0.25, -0.2) is 0 Å². The molecule has 0 radical (unpaired) electrons. The number of benzene rings is 2. The number of hydrogen-bond donors (Lipinski definition) is 2. The number of nitro benzene ring substituents is 1. The molecule has 0 heterocycles. The molecule has 2 aromatic carbocycles. The summed E-state index contributed by atoms with van der Waals surface area (Å²) in [6.07, 6.45) is 0.653. The normalized spacial score (nSPS) is 13.8. The van der Waals surface area contributed by atoms with E-state index in [0.29, 0.717) is 5.56 Å². The Bertz CT molecular complexity index is 927. The lowest BCUT2D eigenvalue weighted by Crippen LogP contribution is -2.36. The largest absolute Gasteiger partial charge is 0.446 e. The van der Waals surface area contributed by atoms with E-state index in [0.717, 1.165) is 18.9 Å². The molecular formula is C20H19N3O6. The van der Waals surface area contributed by atoms with Crippen LogP contribution < -0.4 is 10.6 Å². The maximum atomic E-state index is 12.5. The quantitative estimate of drug-likeness (QED) is 0.398. The number of nitrogens with zero attached hydrogens (tertiary/aromatic N) is 1. The van der Waals surface area contributed by atoms with Gasteiger partial charge >= 0.3 is 5.97 Å². The van der Waals surface area contributed by atoms with E-state index in [1.807, 2.05) is 0 Å². The SMILES string of the molecule is O=C(CNC(=O)c1cccc([N+](=O)[O-])c1)O[C@H](C(=O)NC1CC1)c1ccccc1. The smallest absolute Gasteiger partial charge is 0.326 e. The van der Waals surface area contributed by atoms with Gasteiger partial charge in [0.15, 0.2) is 0 Å². The minimum absolute atomic E-state index is 0.0399. The molecule has 1 fully saturated rings. The van der Waals surface area contributed by atoms with Crippen LogP contribution in [-0.2, 0) is 14.3 Å². The van der Waals surface area contributed by atoms with Crippen molar-refractivity contribution < 1.29 is 24.0 Å². The van der Waals surface area contributed by atoms with Crippen LogP contribution >= 0.6 is 0 Å². The third-order valence-electron chi connectivity index (χ3n) is 4.23. The fourth-order valence-corrected chi connectivity index (χ4v) is 2.59. The predicted molar refractivity (Wildman–Crippen MR) is 102 cm³/mol. The van der Waals surface area contributed by atoms with Crippen molar-refractivity contribution in [3.63, 3.8) is 0 Å². The van der Waals surface area contributed by atoms with E-state index < -0.39 is 35.4 Å². The highest BCUT2D eigenvalue weighted by atomic mass is 16.6. The Morgan fingerprint density at radius 1 is 1.10 bits per heavy atom. The van der Waals surface area contributed by atoms with Gasteiger partial charge in [-0.1, -0.05) is 36.4 Å². The third kappa shape index (κ3) is 5.61. The first-order valence-electron chi connectivity index (χ1n) is 9.01. The molecule has 2 N–H and O–H groups in total. The van der Waals surface area contributed by atoms with Gasteiger partial charge in [-0.15, -0.1) is 0 Å². The van der Waals surface area contributed by atoms with Crippen LogP contribution in [0.2, 0.25) is 0 Å². The van der Waals surface area contributed by atoms with E-state index in [1.165, 1.54) is 18.2 Å². The second-order valence-electron chi connectivity index (χ2n) is 6.55. The zero-order valence-corrected chi connectivity index (χ0v) is 15.4. The molecule has 0 saturated heterocycles. The Morgan fingerprint density at radius 2 is 1.83 bits per heavy atom. The number of esters is 1. The monoisotopic (exact) mass is 397 g/mol. The number of ether oxygens (including phenoxy) is 1. The maximum absolute atomic E-state index is 12.5. The molecule has 1 aliphatic rings. The molecule has 2 aromatic rings. The van der Waals surface area contributed by atoms with Crippen molar-refractivity contribution >= 4 is 23.5 Å². The van der Waals surface area contributed by atoms with Crippen molar-refractivity contribution in [2.24, 2.45) is 0 Å². The standard InChI is InChI=1S/C20H19N3O6/c24-17(12-21-19(25)14-7-4-8-16(11-14)23(27)28)29-18(13-5-2-1-3-6-13)20(26)22-15-9-10-15/h1-8,11,15,18H,9-10,12H2,(H,21,25)(H,22,26)/t18-/m0/s1. The highest BCUT2D eigenvalue weighted by molar-refractivity contribution is 5.96. The van der Waals surface area contributed by atoms with Crippen LogP contribution in [0.3, 0.4) is 0 Å². The van der Waals surface area contributed by atoms with Gasteiger partial charge in [0.25, 0.3) is 17.5 Å². The van der Waals surface area contributed by atoms with Gasteiger partial charge in [0, 0.05) is 29.3 Å². The maximum Gasteiger partial charge on any atom is 0.326 e. The Morgan fingerprint density at radius 3 is 2.48 bits per heavy atom. The summed E-state index contributed by atoms with van der Waals surface area (Å²) in [5, 5.41) is 15.9. The van der Waals surface area contributed by atoms with E-state index in [1.54, 1.807) is 30.3 Å². The predicted octanol–water partition coefficient (Wildman–Crippen LogP) is 1.89. The molecule has 29 heavy (non-hydrogen) atoms. The second-order valence-corrected chi connectivity index (χ2v) is 6.55.